The minimum Gasteiger partial charge on any atom is -0.483 e. The van der Waals surface area contributed by atoms with Crippen LogP contribution >= 0.6 is 11.3 Å². The maximum atomic E-state index is 13.1. The van der Waals surface area contributed by atoms with Crippen molar-refractivity contribution in [3.8, 4) is 0 Å². The zero-order valence-electron chi connectivity index (χ0n) is 17.7. The molecule has 0 aromatic carbocycles. The van der Waals surface area contributed by atoms with E-state index >= 15 is 0 Å². The number of aromatic amines is 1. The van der Waals surface area contributed by atoms with E-state index in [-0.39, 0.29) is 30.0 Å². The summed E-state index contributed by atoms with van der Waals surface area (Å²) in [5.41, 5.74) is -0.0206. The number of aryl methyl sites for hydroxylation is 1. The molecule has 2 aliphatic rings. The van der Waals surface area contributed by atoms with Crippen molar-refractivity contribution in [1.82, 2.24) is 19.8 Å². The first-order chi connectivity index (χ1) is 14.7. The lowest BCUT2D eigenvalue weighted by molar-refractivity contribution is -0.150. The number of fused-ring (bicyclic) bond motifs is 1. The number of amides is 1. The number of rotatable bonds is 3. The first-order valence-corrected chi connectivity index (χ1v) is 10.7. The molecule has 168 valence electrons. The first kappa shape index (κ1) is 22.9. The van der Waals surface area contributed by atoms with E-state index in [0.29, 0.717) is 53.0 Å². The molecule has 2 aromatic heterocycles. The zero-order valence-corrected chi connectivity index (χ0v) is 18.5. The number of nitrogens with one attached hydrogen (secondary N) is 1. The quantitative estimate of drug-likeness (QED) is 0.525. The van der Waals surface area contributed by atoms with Crippen LogP contribution in [0.25, 0.3) is 10.2 Å². The summed E-state index contributed by atoms with van der Waals surface area (Å²) in [4.78, 5) is 57.7. The number of likely N-dealkylation sites (tertiary alicyclic amines) is 1. The van der Waals surface area contributed by atoms with E-state index < -0.39 is 5.41 Å². The Hall–Kier alpha value is -2.79. The average Bonchev–Trinajstić information content (AvgIpc) is 3.20. The summed E-state index contributed by atoms with van der Waals surface area (Å²) < 4.78 is 5.59. The normalized spacial score (nSPS) is 19.9. The topological polar surface area (TPSA) is 133 Å². The molecular formula is C20H26N4O6S. The number of ether oxygens (including phenoxy) is 1. The third-order valence-electron chi connectivity index (χ3n) is 5.83. The highest BCUT2D eigenvalue weighted by atomic mass is 32.1. The molecule has 0 aliphatic carbocycles. The molecule has 0 saturated carbocycles. The van der Waals surface area contributed by atoms with Gasteiger partial charge in [-0.25, -0.2) is 4.98 Å². The van der Waals surface area contributed by atoms with Crippen LogP contribution in [-0.4, -0.2) is 83.1 Å². The predicted octanol–water partition coefficient (Wildman–Crippen LogP) is 1.09. The highest BCUT2D eigenvalue weighted by Gasteiger charge is 2.51. The van der Waals surface area contributed by atoms with Crippen molar-refractivity contribution in [1.29, 1.82) is 0 Å². The molecule has 11 heteroatoms. The number of cyclic esters (lactones) is 1. The summed E-state index contributed by atoms with van der Waals surface area (Å²) in [5.74, 6) is -0.216. The van der Waals surface area contributed by atoms with Crippen LogP contribution in [0.3, 0.4) is 0 Å². The van der Waals surface area contributed by atoms with Crippen LogP contribution in [-0.2, 0) is 14.3 Å². The third-order valence-corrected chi connectivity index (χ3v) is 7.02. The van der Waals surface area contributed by atoms with Gasteiger partial charge in [0.15, 0.2) is 0 Å². The molecule has 2 saturated heterocycles. The highest BCUT2D eigenvalue weighted by molar-refractivity contribution is 7.20. The molecule has 1 spiro atoms. The molecule has 0 radical (unpaired) electrons. The number of nitrogens with zero attached hydrogens (tertiary/aromatic N) is 3. The monoisotopic (exact) mass is 450 g/mol. The van der Waals surface area contributed by atoms with Gasteiger partial charge in [0.25, 0.3) is 17.9 Å². The van der Waals surface area contributed by atoms with Gasteiger partial charge in [-0.05, 0) is 39.4 Å². The van der Waals surface area contributed by atoms with Gasteiger partial charge in [-0.2, -0.15) is 0 Å². The fraction of sp³-hybridized carbons (Fsp3) is 0.550. The second kappa shape index (κ2) is 9.15. The van der Waals surface area contributed by atoms with E-state index in [2.05, 4.69) is 9.97 Å². The molecule has 1 unspecified atom stereocenters. The number of aromatic nitrogens is 2. The van der Waals surface area contributed by atoms with Gasteiger partial charge in [0.1, 0.15) is 10.9 Å². The zero-order chi connectivity index (χ0) is 22.8. The Morgan fingerprint density at radius 2 is 2.06 bits per heavy atom. The van der Waals surface area contributed by atoms with Gasteiger partial charge in [0.2, 0.25) is 0 Å². The minimum atomic E-state index is -0.467. The number of hydrogen-bond donors (Lipinski definition) is 2. The van der Waals surface area contributed by atoms with Gasteiger partial charge in [-0.1, -0.05) is 0 Å². The van der Waals surface area contributed by atoms with E-state index in [9.17, 15) is 14.4 Å². The molecule has 2 aromatic rings. The first-order valence-electron chi connectivity index (χ1n) is 9.92. The van der Waals surface area contributed by atoms with Crippen LogP contribution in [0, 0.1) is 12.3 Å². The summed E-state index contributed by atoms with van der Waals surface area (Å²) in [5, 5.41) is 7.37. The lowest BCUT2D eigenvalue weighted by atomic mass is 9.76. The van der Waals surface area contributed by atoms with Crippen molar-refractivity contribution in [2.24, 2.45) is 5.41 Å². The van der Waals surface area contributed by atoms with Crippen LogP contribution < -0.4 is 5.56 Å². The summed E-state index contributed by atoms with van der Waals surface area (Å²) in [6, 6.07) is 0. The minimum absolute atomic E-state index is 0.0765. The Bertz CT molecular complexity index is 1040. The number of likely N-dealkylation sites (N-methyl/N-ethyl adjacent to an activating group) is 1. The third kappa shape index (κ3) is 4.47. The Balaban J connectivity index is 0.000000858. The van der Waals surface area contributed by atoms with Crippen LogP contribution in [0.5, 0.6) is 0 Å². The van der Waals surface area contributed by atoms with Crippen LogP contribution in [0.1, 0.15) is 34.5 Å². The van der Waals surface area contributed by atoms with Gasteiger partial charge >= 0.3 is 5.97 Å². The fourth-order valence-electron chi connectivity index (χ4n) is 4.32. The van der Waals surface area contributed by atoms with Crippen molar-refractivity contribution < 1.29 is 24.2 Å². The number of carboxylic acid groups (broad SMARTS) is 1. The highest BCUT2D eigenvalue weighted by Crippen LogP contribution is 2.43. The van der Waals surface area contributed by atoms with Gasteiger partial charge < -0.3 is 24.6 Å². The van der Waals surface area contributed by atoms with E-state index in [1.807, 2.05) is 19.0 Å². The average molecular weight is 451 g/mol. The number of H-pyrrole nitrogens is 1. The molecule has 0 bridgehead atoms. The molecule has 10 nitrogen and oxygen atoms in total. The van der Waals surface area contributed by atoms with Crippen LogP contribution in [0.4, 0.5) is 0 Å². The summed E-state index contributed by atoms with van der Waals surface area (Å²) in [7, 11) is 3.93. The predicted molar refractivity (Wildman–Crippen MR) is 114 cm³/mol. The molecule has 4 rings (SSSR count). The molecule has 1 atom stereocenters. The SMILES string of the molecule is Cc1c(C(=O)N2CCC3(CC2)CC(CN(C)C)OC3=O)sc2nc[nH]c(=O)c12.O=CO. The van der Waals surface area contributed by atoms with E-state index in [0.717, 1.165) is 6.54 Å². The number of hydrogen-bond acceptors (Lipinski definition) is 8. The number of carbonyl (C=O) groups excluding carboxylic acids is 2. The van der Waals surface area contributed by atoms with Crippen molar-refractivity contribution in [3.63, 3.8) is 0 Å². The standard InChI is InChI=1S/C19H24N4O4S.CH2O2/c1-11-13-15(24)20-10-21-16(13)28-14(11)17(25)23-6-4-19(5-7-23)8-12(9-22(2)3)27-18(19)26;2-1-3/h10,12H,4-9H2,1-3H3,(H,20,21,24);1H,(H,2,3). The Labute approximate surface area is 182 Å². The molecule has 2 fully saturated rings. The number of carbonyl (C=O) groups is 3. The van der Waals surface area contributed by atoms with E-state index in [1.165, 1.54) is 17.7 Å². The summed E-state index contributed by atoms with van der Waals surface area (Å²) in [6.45, 7) is 3.29. The maximum Gasteiger partial charge on any atom is 0.312 e. The van der Waals surface area contributed by atoms with E-state index in [1.54, 1.807) is 11.8 Å². The summed E-state index contributed by atoms with van der Waals surface area (Å²) >= 11 is 1.25. The Morgan fingerprint density at radius 1 is 1.42 bits per heavy atom. The van der Waals surface area contributed by atoms with Gasteiger partial charge in [-0.3, -0.25) is 19.2 Å². The summed E-state index contributed by atoms with van der Waals surface area (Å²) in [6.07, 6.45) is 3.23. The molecule has 4 heterocycles. The van der Waals surface area contributed by atoms with Crippen molar-refractivity contribution in [3.05, 3.63) is 27.1 Å². The number of esters is 1. The molecule has 2 N–H and O–H groups in total. The smallest absolute Gasteiger partial charge is 0.312 e. The lowest BCUT2D eigenvalue weighted by Crippen LogP contribution is -2.45. The van der Waals surface area contributed by atoms with Gasteiger partial charge in [0, 0.05) is 26.1 Å². The second-order valence-corrected chi connectivity index (χ2v) is 9.14. The Kier molecular flexibility index (Phi) is 6.75. The van der Waals surface area contributed by atoms with Crippen molar-refractivity contribution in [2.75, 3.05) is 33.7 Å². The maximum absolute atomic E-state index is 13.1. The lowest BCUT2D eigenvalue weighted by Gasteiger charge is -2.36. The van der Waals surface area contributed by atoms with Crippen LogP contribution in [0.15, 0.2) is 11.1 Å². The largest absolute Gasteiger partial charge is 0.483 e. The molecule has 31 heavy (non-hydrogen) atoms. The number of thiophene rings is 1. The molecular weight excluding hydrogens is 424 g/mol. The van der Waals surface area contributed by atoms with Gasteiger partial charge in [0.05, 0.1) is 22.0 Å². The molecule has 2 aliphatic heterocycles. The van der Waals surface area contributed by atoms with Crippen molar-refractivity contribution >= 4 is 39.9 Å². The molecule has 1 amide bonds. The van der Waals surface area contributed by atoms with Crippen molar-refractivity contribution in [2.45, 2.75) is 32.3 Å². The fourth-order valence-corrected chi connectivity index (χ4v) is 5.44. The number of piperidine rings is 1. The Morgan fingerprint density at radius 3 is 2.65 bits per heavy atom. The van der Waals surface area contributed by atoms with Gasteiger partial charge in [-0.15, -0.1) is 11.3 Å². The van der Waals surface area contributed by atoms with E-state index in [4.69, 9.17) is 14.6 Å². The second-order valence-electron chi connectivity index (χ2n) is 8.14. The van der Waals surface area contributed by atoms with Crippen LogP contribution in [0.2, 0.25) is 0 Å².